The van der Waals surface area contributed by atoms with Crippen LogP contribution in [0.2, 0.25) is 0 Å². The van der Waals surface area contributed by atoms with Crippen molar-refractivity contribution in [3.05, 3.63) is 0 Å². The maximum Gasteiger partial charge on any atom is 0.237 e. The van der Waals surface area contributed by atoms with Crippen LogP contribution in [0.1, 0.15) is 33.1 Å². The monoisotopic (exact) mass is 170 g/mol. The fraction of sp³-hybridized carbons (Fsp3) is 0.889. The molecule has 3 heteroatoms. The fourth-order valence-electron chi connectivity index (χ4n) is 2.29. The molecule has 1 saturated carbocycles. The van der Waals surface area contributed by atoms with E-state index < -0.39 is 5.54 Å². The molecule has 0 radical (unpaired) electrons. The highest BCUT2D eigenvalue weighted by Gasteiger charge is 2.45. The van der Waals surface area contributed by atoms with Gasteiger partial charge in [-0.3, -0.25) is 4.79 Å². The van der Waals surface area contributed by atoms with Crippen LogP contribution < -0.4 is 11.5 Å². The Labute approximate surface area is 73.5 Å². The minimum Gasteiger partial charge on any atom is -0.368 e. The molecule has 1 aliphatic rings. The van der Waals surface area contributed by atoms with Gasteiger partial charge >= 0.3 is 0 Å². The van der Waals surface area contributed by atoms with Crippen LogP contribution in [0, 0.1) is 11.8 Å². The zero-order valence-electron chi connectivity index (χ0n) is 7.84. The number of primary amides is 1. The van der Waals surface area contributed by atoms with Gasteiger partial charge in [-0.05, 0) is 24.7 Å². The number of nitrogens with two attached hydrogens (primary N) is 2. The third-order valence-corrected chi connectivity index (χ3v) is 3.03. The molecule has 1 fully saturated rings. The Morgan fingerprint density at radius 3 is 2.50 bits per heavy atom. The van der Waals surface area contributed by atoms with Crippen LogP contribution >= 0.6 is 0 Å². The van der Waals surface area contributed by atoms with Crippen LogP contribution in [0.3, 0.4) is 0 Å². The van der Waals surface area contributed by atoms with Gasteiger partial charge in [0.1, 0.15) is 0 Å². The second-order valence-corrected chi connectivity index (χ2v) is 4.15. The van der Waals surface area contributed by atoms with Gasteiger partial charge in [0.2, 0.25) is 5.91 Å². The molecule has 0 heterocycles. The summed E-state index contributed by atoms with van der Waals surface area (Å²) in [6.45, 7) is 4.20. The first kappa shape index (κ1) is 9.52. The van der Waals surface area contributed by atoms with E-state index in [1.54, 1.807) is 0 Å². The van der Waals surface area contributed by atoms with E-state index >= 15 is 0 Å². The largest absolute Gasteiger partial charge is 0.368 e. The molecule has 1 rings (SSSR count). The molecule has 0 spiro atoms. The number of amides is 1. The standard InChI is InChI=1S/C9H18N2O/c1-6(2)7-4-3-5-9(7,11)8(10)12/h6-7H,3-5,11H2,1-2H3,(H2,10,12)/t7-,9+/m1/s1. The van der Waals surface area contributed by atoms with Gasteiger partial charge in [0, 0.05) is 0 Å². The SMILES string of the molecule is CC(C)[C@H]1CCC[C@@]1(N)C(N)=O. The minimum atomic E-state index is -0.728. The smallest absolute Gasteiger partial charge is 0.237 e. The van der Waals surface area contributed by atoms with Crippen molar-refractivity contribution >= 4 is 5.91 Å². The van der Waals surface area contributed by atoms with Gasteiger partial charge < -0.3 is 11.5 Å². The third kappa shape index (κ3) is 1.33. The Morgan fingerprint density at radius 2 is 2.17 bits per heavy atom. The highest BCUT2D eigenvalue weighted by molar-refractivity contribution is 5.85. The average Bonchev–Trinajstić information content (AvgIpc) is 2.32. The average molecular weight is 170 g/mol. The van der Waals surface area contributed by atoms with E-state index in [4.69, 9.17) is 11.5 Å². The molecule has 0 saturated heterocycles. The van der Waals surface area contributed by atoms with Crippen molar-refractivity contribution in [3.8, 4) is 0 Å². The molecule has 0 bridgehead atoms. The molecule has 0 unspecified atom stereocenters. The van der Waals surface area contributed by atoms with Crippen LogP contribution in [0.15, 0.2) is 0 Å². The summed E-state index contributed by atoms with van der Waals surface area (Å²) in [5.41, 5.74) is 10.5. The van der Waals surface area contributed by atoms with E-state index in [9.17, 15) is 4.79 Å². The molecule has 2 atom stereocenters. The quantitative estimate of drug-likeness (QED) is 0.638. The molecule has 3 nitrogen and oxygen atoms in total. The normalized spacial score (nSPS) is 35.8. The summed E-state index contributed by atoms with van der Waals surface area (Å²) in [7, 11) is 0. The van der Waals surface area contributed by atoms with Gasteiger partial charge in [-0.1, -0.05) is 20.3 Å². The molecule has 1 amide bonds. The van der Waals surface area contributed by atoms with Crippen molar-refractivity contribution in [2.75, 3.05) is 0 Å². The van der Waals surface area contributed by atoms with Crippen molar-refractivity contribution in [2.24, 2.45) is 23.3 Å². The number of hydrogen-bond acceptors (Lipinski definition) is 2. The van der Waals surface area contributed by atoms with Gasteiger partial charge in [0.25, 0.3) is 0 Å². The van der Waals surface area contributed by atoms with Crippen molar-refractivity contribution < 1.29 is 4.79 Å². The maximum absolute atomic E-state index is 11.1. The Bertz CT molecular complexity index is 191. The first-order valence-electron chi connectivity index (χ1n) is 4.57. The molecule has 0 aromatic heterocycles. The van der Waals surface area contributed by atoms with Crippen LogP contribution in [0.4, 0.5) is 0 Å². The van der Waals surface area contributed by atoms with E-state index in [0.29, 0.717) is 5.92 Å². The lowest BCUT2D eigenvalue weighted by Crippen LogP contribution is -2.55. The number of hydrogen-bond donors (Lipinski definition) is 2. The summed E-state index contributed by atoms with van der Waals surface area (Å²) < 4.78 is 0. The van der Waals surface area contributed by atoms with Gasteiger partial charge in [0.05, 0.1) is 5.54 Å². The van der Waals surface area contributed by atoms with Gasteiger partial charge in [0.15, 0.2) is 0 Å². The van der Waals surface area contributed by atoms with Crippen molar-refractivity contribution in [1.29, 1.82) is 0 Å². The Morgan fingerprint density at radius 1 is 1.58 bits per heavy atom. The molecule has 4 N–H and O–H groups in total. The molecule has 0 aromatic rings. The van der Waals surface area contributed by atoms with E-state index in [1.165, 1.54) is 0 Å². The van der Waals surface area contributed by atoms with E-state index in [-0.39, 0.29) is 11.8 Å². The van der Waals surface area contributed by atoms with Crippen LogP contribution in [-0.2, 0) is 4.79 Å². The molecule has 12 heavy (non-hydrogen) atoms. The van der Waals surface area contributed by atoms with Gasteiger partial charge in [-0.25, -0.2) is 0 Å². The Balaban J connectivity index is 2.81. The molecular formula is C9H18N2O. The lowest BCUT2D eigenvalue weighted by Gasteiger charge is -2.30. The number of rotatable bonds is 2. The van der Waals surface area contributed by atoms with Crippen LogP contribution in [0.5, 0.6) is 0 Å². The number of carbonyl (C=O) groups excluding carboxylic acids is 1. The predicted molar refractivity (Wildman–Crippen MR) is 48.3 cm³/mol. The molecular weight excluding hydrogens is 152 g/mol. The fourth-order valence-corrected chi connectivity index (χ4v) is 2.29. The summed E-state index contributed by atoms with van der Waals surface area (Å²) in [4.78, 5) is 11.1. The molecule has 70 valence electrons. The minimum absolute atomic E-state index is 0.273. The van der Waals surface area contributed by atoms with E-state index in [2.05, 4.69) is 13.8 Å². The Hall–Kier alpha value is -0.570. The maximum atomic E-state index is 11.1. The zero-order chi connectivity index (χ0) is 9.35. The molecule has 0 aromatic carbocycles. The Kier molecular flexibility index (Phi) is 2.42. The van der Waals surface area contributed by atoms with Crippen molar-refractivity contribution in [2.45, 2.75) is 38.6 Å². The third-order valence-electron chi connectivity index (χ3n) is 3.03. The van der Waals surface area contributed by atoms with Crippen LogP contribution in [-0.4, -0.2) is 11.4 Å². The summed E-state index contributed by atoms with van der Waals surface area (Å²) in [5.74, 6) is 0.388. The lowest BCUT2D eigenvalue weighted by molar-refractivity contribution is -0.124. The van der Waals surface area contributed by atoms with Gasteiger partial charge in [-0.15, -0.1) is 0 Å². The van der Waals surface area contributed by atoms with Gasteiger partial charge in [-0.2, -0.15) is 0 Å². The first-order chi connectivity index (χ1) is 5.48. The van der Waals surface area contributed by atoms with Crippen LogP contribution in [0.25, 0.3) is 0 Å². The summed E-state index contributed by atoms with van der Waals surface area (Å²) in [5, 5.41) is 0. The summed E-state index contributed by atoms with van der Waals surface area (Å²) >= 11 is 0. The molecule has 0 aliphatic heterocycles. The molecule has 1 aliphatic carbocycles. The topological polar surface area (TPSA) is 69.1 Å². The predicted octanol–water partition coefficient (Wildman–Crippen LogP) is 0.625. The summed E-state index contributed by atoms with van der Waals surface area (Å²) in [6, 6.07) is 0. The lowest BCUT2D eigenvalue weighted by atomic mass is 9.80. The van der Waals surface area contributed by atoms with Crippen molar-refractivity contribution in [1.82, 2.24) is 0 Å². The van der Waals surface area contributed by atoms with E-state index in [1.807, 2.05) is 0 Å². The highest BCUT2D eigenvalue weighted by atomic mass is 16.1. The van der Waals surface area contributed by atoms with Crippen molar-refractivity contribution in [3.63, 3.8) is 0 Å². The zero-order valence-corrected chi connectivity index (χ0v) is 7.84. The first-order valence-corrected chi connectivity index (χ1v) is 4.57. The highest BCUT2D eigenvalue weighted by Crippen LogP contribution is 2.38. The second-order valence-electron chi connectivity index (χ2n) is 4.15. The second kappa shape index (κ2) is 3.05. The number of carbonyl (C=O) groups is 1. The summed E-state index contributed by atoms with van der Waals surface area (Å²) in [6.07, 6.45) is 2.82. The van der Waals surface area contributed by atoms with E-state index in [0.717, 1.165) is 19.3 Å².